The molecule has 0 saturated heterocycles. The van der Waals surface area contributed by atoms with Gasteiger partial charge in [-0.2, -0.15) is 5.10 Å². The number of para-hydroxylation sites is 1. The molecule has 0 aliphatic carbocycles. The van der Waals surface area contributed by atoms with E-state index in [1.165, 1.54) is 5.56 Å². The van der Waals surface area contributed by atoms with Gasteiger partial charge in [0.2, 0.25) is 0 Å². The minimum atomic E-state index is 0. The van der Waals surface area contributed by atoms with Crippen molar-refractivity contribution in [2.24, 2.45) is 4.99 Å². The summed E-state index contributed by atoms with van der Waals surface area (Å²) in [6.07, 6.45) is 0. The van der Waals surface area contributed by atoms with E-state index in [9.17, 15) is 0 Å². The van der Waals surface area contributed by atoms with Crippen LogP contribution in [0.3, 0.4) is 0 Å². The molecule has 1 aromatic heterocycles. The van der Waals surface area contributed by atoms with E-state index >= 15 is 0 Å². The van der Waals surface area contributed by atoms with Crippen LogP contribution in [-0.2, 0) is 6.54 Å². The molecule has 6 nitrogen and oxygen atoms in total. The maximum Gasteiger partial charge on any atom is 0.191 e. The summed E-state index contributed by atoms with van der Waals surface area (Å²) in [5.41, 5.74) is 4.44. The molecule has 0 saturated carbocycles. The van der Waals surface area contributed by atoms with Gasteiger partial charge in [0, 0.05) is 38.4 Å². The molecule has 7 heteroatoms. The van der Waals surface area contributed by atoms with Crippen molar-refractivity contribution in [3.05, 3.63) is 47.3 Å². The molecule has 2 aromatic rings. The smallest absolute Gasteiger partial charge is 0.191 e. The second kappa shape index (κ2) is 11.3. The average Bonchev–Trinajstić information content (AvgIpc) is 2.96. The van der Waals surface area contributed by atoms with Crippen LogP contribution in [0.2, 0.25) is 0 Å². The van der Waals surface area contributed by atoms with Gasteiger partial charge in [-0.05, 0) is 52.4 Å². The van der Waals surface area contributed by atoms with E-state index in [4.69, 9.17) is 0 Å². The molecule has 1 heterocycles. The van der Waals surface area contributed by atoms with Crippen molar-refractivity contribution in [2.75, 3.05) is 27.2 Å². The van der Waals surface area contributed by atoms with Gasteiger partial charge in [-0.15, -0.1) is 24.0 Å². The largest absolute Gasteiger partial charge is 0.355 e. The molecule has 0 aliphatic rings. The fourth-order valence-electron chi connectivity index (χ4n) is 2.75. The van der Waals surface area contributed by atoms with E-state index in [0.29, 0.717) is 12.6 Å². The molecule has 2 rings (SSSR count). The Labute approximate surface area is 180 Å². The van der Waals surface area contributed by atoms with Gasteiger partial charge < -0.3 is 15.5 Å². The summed E-state index contributed by atoms with van der Waals surface area (Å²) in [5, 5.41) is 11.4. The predicted octanol–water partition coefficient (Wildman–Crippen LogP) is 3.11. The van der Waals surface area contributed by atoms with E-state index in [-0.39, 0.29) is 24.0 Å². The van der Waals surface area contributed by atoms with E-state index < -0.39 is 0 Å². The SMILES string of the molecule is CN=C(NCCN(C)C(C)C)NCc1ccccc1-n1nc(C)cc1C.I. The van der Waals surface area contributed by atoms with Crippen molar-refractivity contribution in [1.82, 2.24) is 25.3 Å². The van der Waals surface area contributed by atoms with Crippen molar-refractivity contribution in [3.63, 3.8) is 0 Å². The molecule has 1 aromatic carbocycles. The zero-order chi connectivity index (χ0) is 19.1. The summed E-state index contributed by atoms with van der Waals surface area (Å²) in [6, 6.07) is 11.0. The van der Waals surface area contributed by atoms with Crippen LogP contribution < -0.4 is 10.6 Å². The van der Waals surface area contributed by atoms with Crippen LogP contribution in [0.5, 0.6) is 0 Å². The van der Waals surface area contributed by atoms with Gasteiger partial charge in [-0.1, -0.05) is 18.2 Å². The van der Waals surface area contributed by atoms with Crippen molar-refractivity contribution in [2.45, 2.75) is 40.3 Å². The highest BCUT2D eigenvalue weighted by Crippen LogP contribution is 2.16. The maximum absolute atomic E-state index is 4.61. The first-order valence-electron chi connectivity index (χ1n) is 9.18. The summed E-state index contributed by atoms with van der Waals surface area (Å²) >= 11 is 0. The van der Waals surface area contributed by atoms with Crippen molar-refractivity contribution in [1.29, 1.82) is 0 Å². The summed E-state index contributed by atoms with van der Waals surface area (Å²) in [7, 11) is 3.93. The van der Waals surface area contributed by atoms with Gasteiger partial charge in [-0.25, -0.2) is 4.68 Å². The summed E-state index contributed by atoms with van der Waals surface area (Å²) < 4.78 is 2.00. The zero-order valence-electron chi connectivity index (χ0n) is 17.3. The number of aromatic nitrogens is 2. The Morgan fingerprint density at radius 2 is 1.93 bits per heavy atom. The van der Waals surface area contributed by atoms with E-state index in [1.807, 2.05) is 17.7 Å². The Morgan fingerprint density at radius 1 is 1.22 bits per heavy atom. The lowest BCUT2D eigenvalue weighted by atomic mass is 10.1. The number of aliphatic imine (C=N–C) groups is 1. The molecule has 0 atom stereocenters. The Kier molecular flexibility index (Phi) is 9.79. The highest BCUT2D eigenvalue weighted by molar-refractivity contribution is 14.0. The minimum absolute atomic E-state index is 0. The van der Waals surface area contributed by atoms with Crippen molar-refractivity contribution < 1.29 is 0 Å². The second-order valence-electron chi connectivity index (χ2n) is 6.89. The van der Waals surface area contributed by atoms with Gasteiger partial charge in [0.25, 0.3) is 0 Å². The van der Waals surface area contributed by atoms with Crippen LogP contribution >= 0.6 is 24.0 Å². The van der Waals surface area contributed by atoms with Gasteiger partial charge in [0.1, 0.15) is 0 Å². The third-order valence-electron chi connectivity index (χ3n) is 4.54. The first-order chi connectivity index (χ1) is 12.4. The van der Waals surface area contributed by atoms with Gasteiger partial charge in [-0.3, -0.25) is 4.99 Å². The molecule has 0 fully saturated rings. The third-order valence-corrected chi connectivity index (χ3v) is 4.54. The molecule has 0 aliphatic heterocycles. The van der Waals surface area contributed by atoms with E-state index in [1.54, 1.807) is 7.05 Å². The Balaban J connectivity index is 0.00000364. The monoisotopic (exact) mass is 484 g/mol. The first-order valence-corrected chi connectivity index (χ1v) is 9.18. The van der Waals surface area contributed by atoms with Crippen molar-refractivity contribution >= 4 is 29.9 Å². The van der Waals surface area contributed by atoms with Crippen LogP contribution in [-0.4, -0.2) is 53.9 Å². The molecule has 2 N–H and O–H groups in total. The number of rotatable bonds is 7. The fraction of sp³-hybridized carbons (Fsp3) is 0.500. The Morgan fingerprint density at radius 3 is 2.52 bits per heavy atom. The number of aryl methyl sites for hydroxylation is 2. The number of hydrogen-bond donors (Lipinski definition) is 2. The number of nitrogens with zero attached hydrogens (tertiary/aromatic N) is 4. The summed E-state index contributed by atoms with van der Waals surface area (Å²) in [6.45, 7) is 11.0. The second-order valence-corrected chi connectivity index (χ2v) is 6.89. The predicted molar refractivity (Wildman–Crippen MR) is 124 cm³/mol. The molecular formula is C20H33IN6. The van der Waals surface area contributed by atoms with Gasteiger partial charge in [0.05, 0.1) is 11.4 Å². The van der Waals surface area contributed by atoms with Crippen molar-refractivity contribution in [3.8, 4) is 5.69 Å². The number of hydrogen-bond acceptors (Lipinski definition) is 3. The molecular weight excluding hydrogens is 451 g/mol. The average molecular weight is 484 g/mol. The topological polar surface area (TPSA) is 57.5 Å². The zero-order valence-corrected chi connectivity index (χ0v) is 19.6. The molecule has 150 valence electrons. The summed E-state index contributed by atoms with van der Waals surface area (Å²) in [4.78, 5) is 6.63. The molecule has 0 spiro atoms. The molecule has 0 radical (unpaired) electrons. The lowest BCUT2D eigenvalue weighted by Crippen LogP contribution is -2.41. The molecule has 0 amide bonds. The van der Waals surface area contributed by atoms with Crippen LogP contribution in [0.4, 0.5) is 0 Å². The number of halogens is 1. The number of likely N-dealkylation sites (N-methyl/N-ethyl adjacent to an activating group) is 1. The van der Waals surface area contributed by atoms with Crippen LogP contribution in [0, 0.1) is 13.8 Å². The normalized spacial score (nSPS) is 11.6. The van der Waals surface area contributed by atoms with E-state index in [0.717, 1.165) is 36.1 Å². The Hall–Kier alpha value is -1.61. The number of nitrogens with one attached hydrogen (secondary N) is 2. The van der Waals surface area contributed by atoms with E-state index in [2.05, 4.69) is 77.7 Å². The number of benzene rings is 1. The molecule has 27 heavy (non-hydrogen) atoms. The van der Waals surface area contributed by atoms with Crippen LogP contribution in [0.25, 0.3) is 5.69 Å². The molecule has 0 bridgehead atoms. The summed E-state index contributed by atoms with van der Waals surface area (Å²) in [5.74, 6) is 0.810. The third kappa shape index (κ3) is 6.80. The lowest BCUT2D eigenvalue weighted by Gasteiger charge is -2.22. The molecule has 0 unspecified atom stereocenters. The van der Waals surface area contributed by atoms with Crippen LogP contribution in [0.15, 0.2) is 35.3 Å². The minimum Gasteiger partial charge on any atom is -0.355 e. The standard InChI is InChI=1S/C20H32N6.HI/c1-15(2)25(6)12-11-22-20(21-5)23-14-18-9-7-8-10-19(18)26-17(4)13-16(3)24-26;/h7-10,13,15H,11-12,14H2,1-6H3,(H2,21,22,23);1H. The Bertz CT molecular complexity index is 738. The highest BCUT2D eigenvalue weighted by Gasteiger charge is 2.09. The fourth-order valence-corrected chi connectivity index (χ4v) is 2.75. The lowest BCUT2D eigenvalue weighted by molar-refractivity contribution is 0.278. The van der Waals surface area contributed by atoms with Crippen LogP contribution in [0.1, 0.15) is 30.8 Å². The highest BCUT2D eigenvalue weighted by atomic mass is 127. The first kappa shape index (κ1) is 23.4. The quantitative estimate of drug-likeness (QED) is 0.360. The maximum atomic E-state index is 4.61. The van der Waals surface area contributed by atoms with Gasteiger partial charge in [0.15, 0.2) is 5.96 Å². The number of guanidine groups is 1. The van der Waals surface area contributed by atoms with Gasteiger partial charge >= 0.3 is 0 Å².